The summed E-state index contributed by atoms with van der Waals surface area (Å²) in [5.41, 5.74) is 4.86. The first-order valence-corrected chi connectivity index (χ1v) is 6.62. The van der Waals surface area contributed by atoms with Crippen LogP contribution in [0.1, 0.15) is 30.6 Å². The van der Waals surface area contributed by atoms with Crippen LogP contribution < -0.4 is 11.3 Å². The van der Waals surface area contributed by atoms with Crippen LogP contribution in [-0.2, 0) is 13.6 Å². The first-order valence-electron chi connectivity index (χ1n) is 5.83. The molecule has 98 valence electrons. The van der Waals surface area contributed by atoms with Gasteiger partial charge in [-0.25, -0.2) is 5.43 Å². The number of hydrogen-bond acceptors (Lipinski definition) is 4. The number of aryl methyl sites for hydroxylation is 2. The Labute approximate surface area is 114 Å². The zero-order chi connectivity index (χ0) is 13.1. The molecule has 0 radical (unpaired) electrons. The second kappa shape index (κ2) is 5.64. The molecule has 18 heavy (non-hydrogen) atoms. The maximum atomic E-state index is 5.69. The van der Waals surface area contributed by atoms with E-state index in [9.17, 15) is 0 Å². The van der Waals surface area contributed by atoms with Crippen molar-refractivity contribution in [3.63, 3.8) is 0 Å². The van der Waals surface area contributed by atoms with Gasteiger partial charge >= 0.3 is 0 Å². The van der Waals surface area contributed by atoms with E-state index < -0.39 is 0 Å². The molecule has 1 atom stereocenters. The van der Waals surface area contributed by atoms with Crippen molar-refractivity contribution in [2.24, 2.45) is 12.9 Å². The topological polar surface area (TPSA) is 73.7 Å². The lowest BCUT2D eigenvalue weighted by Crippen LogP contribution is -2.30. The standard InChI is InChI=1S/C11H17BrN6/c1-3-4-18-11(9(12)6-15-18)10(16-13)8-5-14-17(2)7-8/h5-7,10,16H,3-4,13H2,1-2H3. The van der Waals surface area contributed by atoms with Gasteiger partial charge in [-0.2, -0.15) is 10.2 Å². The molecule has 0 spiro atoms. The normalized spacial score (nSPS) is 12.9. The van der Waals surface area contributed by atoms with E-state index in [1.165, 1.54) is 0 Å². The summed E-state index contributed by atoms with van der Waals surface area (Å²) in [6, 6.07) is -0.123. The molecule has 0 aromatic carbocycles. The maximum Gasteiger partial charge on any atom is 0.0920 e. The summed E-state index contributed by atoms with van der Waals surface area (Å²) in [5, 5.41) is 8.53. The highest BCUT2D eigenvalue weighted by Gasteiger charge is 2.21. The molecule has 2 aromatic heterocycles. The fourth-order valence-corrected chi connectivity index (χ4v) is 2.50. The molecule has 2 rings (SSSR count). The van der Waals surface area contributed by atoms with Crippen LogP contribution in [0.3, 0.4) is 0 Å². The van der Waals surface area contributed by atoms with Crippen LogP contribution in [0.5, 0.6) is 0 Å². The third kappa shape index (κ3) is 2.47. The largest absolute Gasteiger partial charge is 0.275 e. The average Bonchev–Trinajstić information content (AvgIpc) is 2.91. The van der Waals surface area contributed by atoms with Gasteiger partial charge in [0.15, 0.2) is 0 Å². The molecule has 2 aromatic rings. The minimum atomic E-state index is -0.123. The second-order valence-electron chi connectivity index (χ2n) is 4.15. The third-order valence-electron chi connectivity index (χ3n) is 2.77. The summed E-state index contributed by atoms with van der Waals surface area (Å²) in [6.07, 6.45) is 6.57. The summed E-state index contributed by atoms with van der Waals surface area (Å²) >= 11 is 3.53. The fourth-order valence-electron chi connectivity index (χ4n) is 1.97. The van der Waals surface area contributed by atoms with Gasteiger partial charge in [-0.3, -0.25) is 15.2 Å². The lowest BCUT2D eigenvalue weighted by atomic mass is 10.1. The van der Waals surface area contributed by atoms with E-state index in [1.807, 2.05) is 17.9 Å². The van der Waals surface area contributed by atoms with Gasteiger partial charge in [0, 0.05) is 25.4 Å². The van der Waals surface area contributed by atoms with Crippen molar-refractivity contribution in [3.05, 3.63) is 34.3 Å². The van der Waals surface area contributed by atoms with E-state index in [4.69, 9.17) is 5.84 Å². The summed E-state index contributed by atoms with van der Waals surface area (Å²) in [7, 11) is 1.88. The van der Waals surface area contributed by atoms with Crippen LogP contribution in [0.25, 0.3) is 0 Å². The Kier molecular flexibility index (Phi) is 4.15. The molecule has 0 saturated heterocycles. The lowest BCUT2D eigenvalue weighted by Gasteiger charge is -2.17. The van der Waals surface area contributed by atoms with E-state index >= 15 is 0 Å². The van der Waals surface area contributed by atoms with Crippen molar-refractivity contribution < 1.29 is 0 Å². The summed E-state index contributed by atoms with van der Waals surface area (Å²) < 4.78 is 4.66. The van der Waals surface area contributed by atoms with Crippen LogP contribution in [0, 0.1) is 0 Å². The summed E-state index contributed by atoms with van der Waals surface area (Å²) in [5.74, 6) is 5.69. The number of nitrogens with zero attached hydrogens (tertiary/aromatic N) is 4. The number of hydrogen-bond donors (Lipinski definition) is 2. The quantitative estimate of drug-likeness (QED) is 0.645. The van der Waals surface area contributed by atoms with Crippen LogP contribution in [0.2, 0.25) is 0 Å². The fraction of sp³-hybridized carbons (Fsp3) is 0.455. The van der Waals surface area contributed by atoms with Crippen LogP contribution >= 0.6 is 15.9 Å². The Morgan fingerprint density at radius 1 is 1.44 bits per heavy atom. The molecular weight excluding hydrogens is 296 g/mol. The Hall–Kier alpha value is -1.18. The van der Waals surface area contributed by atoms with Gasteiger partial charge < -0.3 is 0 Å². The molecule has 0 aliphatic rings. The van der Waals surface area contributed by atoms with E-state index in [0.29, 0.717) is 0 Å². The van der Waals surface area contributed by atoms with Crippen LogP contribution in [-0.4, -0.2) is 19.6 Å². The Balaban J connectivity index is 2.41. The molecule has 6 nitrogen and oxygen atoms in total. The number of nitrogens with one attached hydrogen (secondary N) is 1. The predicted molar refractivity (Wildman–Crippen MR) is 72.6 cm³/mol. The Morgan fingerprint density at radius 3 is 2.78 bits per heavy atom. The minimum absolute atomic E-state index is 0.123. The highest BCUT2D eigenvalue weighted by molar-refractivity contribution is 9.10. The second-order valence-corrected chi connectivity index (χ2v) is 5.00. The van der Waals surface area contributed by atoms with Crippen molar-refractivity contribution in [3.8, 4) is 0 Å². The van der Waals surface area contributed by atoms with Crippen molar-refractivity contribution in [1.82, 2.24) is 25.0 Å². The zero-order valence-electron chi connectivity index (χ0n) is 10.5. The molecule has 0 bridgehead atoms. The Bertz CT molecular complexity index is 517. The molecule has 3 N–H and O–H groups in total. The van der Waals surface area contributed by atoms with Gasteiger partial charge in [0.1, 0.15) is 0 Å². The molecule has 0 fully saturated rings. The Morgan fingerprint density at radius 2 is 2.22 bits per heavy atom. The highest BCUT2D eigenvalue weighted by Crippen LogP contribution is 2.27. The maximum absolute atomic E-state index is 5.69. The molecule has 0 amide bonds. The summed E-state index contributed by atoms with van der Waals surface area (Å²) in [4.78, 5) is 0. The molecule has 2 heterocycles. The number of nitrogens with two attached hydrogens (primary N) is 1. The first kappa shape index (κ1) is 13.3. The van der Waals surface area contributed by atoms with E-state index in [2.05, 4.69) is 38.5 Å². The number of halogens is 1. The van der Waals surface area contributed by atoms with Gasteiger partial charge in [0.05, 0.1) is 28.6 Å². The van der Waals surface area contributed by atoms with Gasteiger partial charge in [-0.05, 0) is 22.4 Å². The molecule has 0 aliphatic heterocycles. The average molecular weight is 313 g/mol. The van der Waals surface area contributed by atoms with Crippen LogP contribution in [0.4, 0.5) is 0 Å². The molecular formula is C11H17BrN6. The predicted octanol–water partition coefficient (Wildman–Crippen LogP) is 1.34. The number of aromatic nitrogens is 4. The molecule has 7 heteroatoms. The first-order chi connectivity index (χ1) is 8.67. The van der Waals surface area contributed by atoms with E-state index in [0.717, 1.165) is 28.7 Å². The lowest BCUT2D eigenvalue weighted by molar-refractivity contribution is 0.519. The molecule has 0 aliphatic carbocycles. The van der Waals surface area contributed by atoms with Crippen molar-refractivity contribution >= 4 is 15.9 Å². The van der Waals surface area contributed by atoms with Crippen molar-refractivity contribution in [1.29, 1.82) is 0 Å². The zero-order valence-corrected chi connectivity index (χ0v) is 12.1. The number of rotatable bonds is 5. The monoisotopic (exact) mass is 312 g/mol. The number of hydrazine groups is 1. The highest BCUT2D eigenvalue weighted by atomic mass is 79.9. The van der Waals surface area contributed by atoms with Gasteiger partial charge in [0.2, 0.25) is 0 Å². The molecule has 0 saturated carbocycles. The third-order valence-corrected chi connectivity index (χ3v) is 3.38. The van der Waals surface area contributed by atoms with E-state index in [1.54, 1.807) is 17.1 Å². The smallest absolute Gasteiger partial charge is 0.0920 e. The van der Waals surface area contributed by atoms with Gasteiger partial charge in [-0.1, -0.05) is 6.92 Å². The van der Waals surface area contributed by atoms with Crippen LogP contribution in [0.15, 0.2) is 23.1 Å². The SMILES string of the molecule is CCCn1ncc(Br)c1C(NN)c1cnn(C)c1. The minimum Gasteiger partial charge on any atom is -0.275 e. The van der Waals surface area contributed by atoms with E-state index in [-0.39, 0.29) is 6.04 Å². The van der Waals surface area contributed by atoms with Crippen molar-refractivity contribution in [2.45, 2.75) is 25.9 Å². The molecule has 1 unspecified atom stereocenters. The van der Waals surface area contributed by atoms with Gasteiger partial charge in [-0.15, -0.1) is 0 Å². The summed E-state index contributed by atoms with van der Waals surface area (Å²) in [6.45, 7) is 2.98. The van der Waals surface area contributed by atoms with Gasteiger partial charge in [0.25, 0.3) is 0 Å². The van der Waals surface area contributed by atoms with Crippen molar-refractivity contribution in [2.75, 3.05) is 0 Å².